The minimum absolute atomic E-state index is 0.210. The number of ether oxygens (including phenoxy) is 1. The molecular weight excluding hydrogens is 457 g/mol. The lowest BCUT2D eigenvalue weighted by molar-refractivity contribution is -0.129. The number of carbonyl (C=O) groups is 1. The predicted octanol–water partition coefficient (Wildman–Crippen LogP) is 4.08. The van der Waals surface area contributed by atoms with E-state index < -0.39 is 11.6 Å². The molecule has 0 aliphatic rings. The van der Waals surface area contributed by atoms with Crippen LogP contribution in [-0.2, 0) is 9.63 Å². The molecule has 0 fully saturated rings. The number of carbonyl (C=O) groups excluding carboxylic acids is 1. The Morgan fingerprint density at radius 3 is 2.93 bits per heavy atom. The number of aromatic nitrogens is 1. The van der Waals surface area contributed by atoms with Crippen LogP contribution >= 0.6 is 22.6 Å². The van der Waals surface area contributed by atoms with Gasteiger partial charge in [-0.2, -0.15) is 0 Å². The number of benzene rings is 1. The maximum absolute atomic E-state index is 12.6. The molecule has 0 aliphatic carbocycles. The molecule has 144 valence electrons. The molecule has 0 aliphatic heterocycles. The summed E-state index contributed by atoms with van der Waals surface area (Å²) in [5.41, 5.74) is 0.218. The molecule has 1 N–H and O–H groups in total. The van der Waals surface area contributed by atoms with Crippen molar-refractivity contribution in [2.24, 2.45) is 5.16 Å². The zero-order chi connectivity index (χ0) is 19.9. The Hall–Kier alpha value is -2.16. The van der Waals surface area contributed by atoms with E-state index in [1.54, 1.807) is 12.3 Å². The SMILES string of the molecule is C=CCON=CC(C)(C)NC(=O)C(CC)Oc1ccc2ncc(I)cc2c1. The van der Waals surface area contributed by atoms with Gasteiger partial charge in [-0.1, -0.05) is 24.7 Å². The molecule has 1 atom stereocenters. The highest BCUT2D eigenvalue weighted by molar-refractivity contribution is 14.1. The number of amides is 1. The fraction of sp³-hybridized carbons (Fsp3) is 0.350. The normalized spacial score (nSPS) is 12.7. The molecule has 2 rings (SSSR count). The minimum Gasteiger partial charge on any atom is -0.481 e. The van der Waals surface area contributed by atoms with Crippen molar-refractivity contribution >= 4 is 45.6 Å². The molecule has 1 heterocycles. The number of hydrogen-bond donors (Lipinski definition) is 1. The largest absolute Gasteiger partial charge is 0.481 e. The van der Waals surface area contributed by atoms with Gasteiger partial charge in [-0.05, 0) is 67.1 Å². The van der Waals surface area contributed by atoms with Crippen molar-refractivity contribution in [2.45, 2.75) is 38.8 Å². The molecule has 1 aromatic heterocycles. The summed E-state index contributed by atoms with van der Waals surface area (Å²) in [4.78, 5) is 22.0. The minimum atomic E-state index is -0.668. The van der Waals surface area contributed by atoms with E-state index in [2.05, 4.69) is 44.6 Å². The van der Waals surface area contributed by atoms with Crippen molar-refractivity contribution in [3.63, 3.8) is 0 Å². The number of pyridine rings is 1. The molecule has 1 aromatic carbocycles. The monoisotopic (exact) mass is 481 g/mol. The Labute approximate surface area is 173 Å². The number of nitrogens with zero attached hydrogens (tertiary/aromatic N) is 2. The zero-order valence-electron chi connectivity index (χ0n) is 15.7. The van der Waals surface area contributed by atoms with Gasteiger partial charge in [0.05, 0.1) is 17.3 Å². The number of oxime groups is 1. The van der Waals surface area contributed by atoms with Crippen molar-refractivity contribution in [2.75, 3.05) is 6.61 Å². The van der Waals surface area contributed by atoms with Crippen LogP contribution in [-0.4, -0.2) is 35.4 Å². The van der Waals surface area contributed by atoms with Gasteiger partial charge in [0.2, 0.25) is 0 Å². The van der Waals surface area contributed by atoms with E-state index >= 15 is 0 Å². The van der Waals surface area contributed by atoms with Crippen LogP contribution in [0.3, 0.4) is 0 Å². The average Bonchev–Trinajstić information content (AvgIpc) is 2.62. The molecule has 7 heteroatoms. The second kappa shape index (κ2) is 9.68. The third-order valence-corrected chi connectivity index (χ3v) is 4.24. The second-order valence-electron chi connectivity index (χ2n) is 6.55. The maximum Gasteiger partial charge on any atom is 0.261 e. The highest BCUT2D eigenvalue weighted by Crippen LogP contribution is 2.22. The van der Waals surface area contributed by atoms with E-state index in [9.17, 15) is 4.79 Å². The van der Waals surface area contributed by atoms with Crippen LogP contribution in [0.5, 0.6) is 5.75 Å². The lowest BCUT2D eigenvalue weighted by atomic mass is 10.1. The summed E-state index contributed by atoms with van der Waals surface area (Å²) < 4.78 is 6.97. The topological polar surface area (TPSA) is 72.8 Å². The van der Waals surface area contributed by atoms with Gasteiger partial charge >= 0.3 is 0 Å². The first-order chi connectivity index (χ1) is 12.8. The van der Waals surface area contributed by atoms with Gasteiger partial charge in [-0.3, -0.25) is 9.78 Å². The highest BCUT2D eigenvalue weighted by Gasteiger charge is 2.25. The fourth-order valence-corrected chi connectivity index (χ4v) is 2.81. The molecule has 0 spiro atoms. The third-order valence-electron chi connectivity index (χ3n) is 3.65. The Bertz CT molecular complexity index is 836. The third kappa shape index (κ3) is 6.50. The number of hydrogen-bond acceptors (Lipinski definition) is 5. The molecule has 27 heavy (non-hydrogen) atoms. The van der Waals surface area contributed by atoms with Gasteiger partial charge in [-0.25, -0.2) is 0 Å². The first kappa shape index (κ1) is 21.1. The molecule has 0 saturated heterocycles. The van der Waals surface area contributed by atoms with Crippen LogP contribution in [0.25, 0.3) is 10.9 Å². The molecule has 0 bridgehead atoms. The summed E-state index contributed by atoms with van der Waals surface area (Å²) in [5.74, 6) is 0.424. The molecule has 6 nitrogen and oxygen atoms in total. The number of rotatable bonds is 9. The van der Waals surface area contributed by atoms with Crippen LogP contribution in [0.15, 0.2) is 48.3 Å². The summed E-state index contributed by atoms with van der Waals surface area (Å²) >= 11 is 2.22. The average molecular weight is 481 g/mol. The highest BCUT2D eigenvalue weighted by atomic mass is 127. The Balaban J connectivity index is 2.06. The zero-order valence-corrected chi connectivity index (χ0v) is 17.9. The van der Waals surface area contributed by atoms with Crippen molar-refractivity contribution in [3.8, 4) is 5.75 Å². The summed E-state index contributed by atoms with van der Waals surface area (Å²) in [6.07, 6.45) is 4.89. The van der Waals surface area contributed by atoms with Gasteiger partial charge in [0, 0.05) is 15.2 Å². The Kier molecular flexibility index (Phi) is 7.58. The van der Waals surface area contributed by atoms with Gasteiger partial charge < -0.3 is 14.9 Å². The second-order valence-corrected chi connectivity index (χ2v) is 7.80. The summed E-state index contributed by atoms with van der Waals surface area (Å²) in [6, 6.07) is 7.64. The van der Waals surface area contributed by atoms with E-state index in [0.717, 1.165) is 14.5 Å². The standard InChI is InChI=1S/C20H24IN3O3/c1-5-9-26-23-13-20(3,4)24-19(25)18(6-2)27-16-7-8-17-14(11-16)10-15(21)12-22-17/h5,7-8,10-13,18H,1,6,9H2,2-4H3,(H,24,25). The Morgan fingerprint density at radius 2 is 2.22 bits per heavy atom. The first-order valence-electron chi connectivity index (χ1n) is 8.66. The van der Waals surface area contributed by atoms with Gasteiger partial charge in [0.25, 0.3) is 5.91 Å². The number of fused-ring (bicyclic) bond motifs is 1. The van der Waals surface area contributed by atoms with Crippen LogP contribution in [0.2, 0.25) is 0 Å². The smallest absolute Gasteiger partial charge is 0.261 e. The van der Waals surface area contributed by atoms with Crippen molar-refractivity contribution in [3.05, 3.63) is 46.7 Å². The molecule has 1 unspecified atom stereocenters. The molecule has 0 radical (unpaired) electrons. The lowest BCUT2D eigenvalue weighted by Gasteiger charge is -2.25. The van der Waals surface area contributed by atoms with Crippen molar-refractivity contribution < 1.29 is 14.4 Å². The predicted molar refractivity (Wildman–Crippen MR) is 116 cm³/mol. The number of halogens is 1. The quantitative estimate of drug-likeness (QED) is 0.193. The van der Waals surface area contributed by atoms with Crippen molar-refractivity contribution in [1.29, 1.82) is 0 Å². The summed E-state index contributed by atoms with van der Waals surface area (Å²) in [7, 11) is 0. The van der Waals surface area contributed by atoms with Crippen molar-refractivity contribution in [1.82, 2.24) is 10.3 Å². The number of nitrogens with one attached hydrogen (secondary N) is 1. The van der Waals surface area contributed by atoms with Gasteiger partial charge in [0.15, 0.2) is 6.10 Å². The van der Waals surface area contributed by atoms with Crippen LogP contribution in [0, 0.1) is 3.57 Å². The van der Waals surface area contributed by atoms with E-state index in [4.69, 9.17) is 9.57 Å². The fourth-order valence-electron chi connectivity index (χ4n) is 2.34. The van der Waals surface area contributed by atoms with Crippen LogP contribution in [0.1, 0.15) is 27.2 Å². The van der Waals surface area contributed by atoms with Crippen LogP contribution < -0.4 is 10.1 Å². The first-order valence-corrected chi connectivity index (χ1v) is 9.74. The van der Waals surface area contributed by atoms with Gasteiger partial charge in [-0.15, -0.1) is 0 Å². The van der Waals surface area contributed by atoms with Crippen LogP contribution in [0.4, 0.5) is 0 Å². The lowest BCUT2D eigenvalue weighted by Crippen LogP contribution is -2.50. The summed E-state index contributed by atoms with van der Waals surface area (Å²) in [5, 5.41) is 7.73. The Morgan fingerprint density at radius 1 is 1.44 bits per heavy atom. The molecule has 0 saturated carbocycles. The van der Waals surface area contributed by atoms with E-state index in [-0.39, 0.29) is 5.91 Å². The van der Waals surface area contributed by atoms with E-state index in [0.29, 0.717) is 18.8 Å². The molecule has 2 aromatic rings. The van der Waals surface area contributed by atoms with E-state index in [1.165, 1.54) is 0 Å². The molecular formula is C20H24IN3O3. The maximum atomic E-state index is 12.6. The molecule has 1 amide bonds. The summed E-state index contributed by atoms with van der Waals surface area (Å²) in [6.45, 7) is 9.45. The van der Waals surface area contributed by atoms with Gasteiger partial charge in [0.1, 0.15) is 12.4 Å². The van der Waals surface area contributed by atoms with E-state index in [1.807, 2.05) is 51.2 Å².